The molecular weight excluding hydrogens is 364 g/mol. The van der Waals surface area contributed by atoms with E-state index in [1.54, 1.807) is 31.2 Å². The van der Waals surface area contributed by atoms with Crippen LogP contribution < -0.4 is 15.4 Å². The van der Waals surface area contributed by atoms with Crippen LogP contribution in [-0.2, 0) is 21.4 Å². The van der Waals surface area contributed by atoms with Gasteiger partial charge in [-0.25, -0.2) is 8.42 Å². The molecule has 0 bridgehead atoms. The summed E-state index contributed by atoms with van der Waals surface area (Å²) in [6.07, 6.45) is 0. The number of anilines is 1. The van der Waals surface area contributed by atoms with E-state index in [0.717, 1.165) is 18.7 Å². The van der Waals surface area contributed by atoms with Gasteiger partial charge in [-0.2, -0.15) is 0 Å². The molecule has 1 heterocycles. The summed E-state index contributed by atoms with van der Waals surface area (Å²) < 4.78 is 26.7. The Hall–Kier alpha value is -2.71. The first kappa shape index (κ1) is 19.1. The highest BCUT2D eigenvalue weighted by Gasteiger charge is 2.31. The van der Waals surface area contributed by atoms with Gasteiger partial charge in [0.2, 0.25) is 5.91 Å². The number of aliphatic imine (C=N–C) groups is 1. The highest BCUT2D eigenvalue weighted by atomic mass is 32.2. The minimum atomic E-state index is -3.62. The Morgan fingerprint density at radius 2 is 1.96 bits per heavy atom. The van der Waals surface area contributed by atoms with Crippen molar-refractivity contribution >= 4 is 27.5 Å². The predicted octanol–water partition coefficient (Wildman–Crippen LogP) is 1.86. The number of nitrogens with one attached hydrogen (secondary N) is 3. The van der Waals surface area contributed by atoms with E-state index in [9.17, 15) is 13.2 Å². The van der Waals surface area contributed by atoms with Crippen LogP contribution in [0.15, 0.2) is 58.4 Å². The van der Waals surface area contributed by atoms with E-state index in [1.165, 1.54) is 6.07 Å². The van der Waals surface area contributed by atoms with Crippen LogP contribution in [0.2, 0.25) is 0 Å². The number of benzene rings is 2. The second-order valence-electron chi connectivity index (χ2n) is 6.23. The first-order valence-corrected chi connectivity index (χ1v) is 10.2. The maximum atomic E-state index is 12.5. The van der Waals surface area contributed by atoms with E-state index in [-0.39, 0.29) is 16.6 Å². The number of amides is 1. The van der Waals surface area contributed by atoms with Crippen LogP contribution in [0.25, 0.3) is 0 Å². The summed E-state index contributed by atoms with van der Waals surface area (Å²) in [6, 6.07) is 13.4. The van der Waals surface area contributed by atoms with E-state index in [4.69, 9.17) is 0 Å². The molecule has 1 amide bonds. The number of rotatable bonds is 6. The summed E-state index contributed by atoms with van der Waals surface area (Å²) in [5.41, 5.74) is 2.21. The quantitative estimate of drug-likeness (QED) is 0.706. The largest absolute Gasteiger partial charge is 0.324 e. The molecule has 7 nitrogen and oxygen atoms in total. The zero-order valence-electron chi connectivity index (χ0n) is 15.2. The van der Waals surface area contributed by atoms with Gasteiger partial charge in [0.1, 0.15) is 11.9 Å². The molecular formula is C19H22N4O3S. The molecule has 0 fully saturated rings. The molecule has 2 aromatic carbocycles. The summed E-state index contributed by atoms with van der Waals surface area (Å²) in [6.45, 7) is 5.24. The van der Waals surface area contributed by atoms with Crippen molar-refractivity contribution in [1.29, 1.82) is 0 Å². The number of carbonyl (C=O) groups excluding carboxylic acids is 1. The van der Waals surface area contributed by atoms with Crippen molar-refractivity contribution in [2.24, 2.45) is 4.99 Å². The average molecular weight is 386 g/mol. The predicted molar refractivity (Wildman–Crippen MR) is 105 cm³/mol. The molecule has 0 radical (unpaired) electrons. The first-order valence-electron chi connectivity index (χ1n) is 8.71. The molecule has 0 spiro atoms. The third-order valence-electron chi connectivity index (χ3n) is 4.14. The lowest BCUT2D eigenvalue weighted by Crippen LogP contribution is -2.29. The second-order valence-corrected chi connectivity index (χ2v) is 7.88. The molecule has 0 saturated heterocycles. The van der Waals surface area contributed by atoms with Crippen LogP contribution in [-0.4, -0.2) is 32.7 Å². The van der Waals surface area contributed by atoms with Crippen molar-refractivity contribution < 1.29 is 13.2 Å². The van der Waals surface area contributed by atoms with Gasteiger partial charge in [0.05, 0.1) is 4.90 Å². The van der Waals surface area contributed by atoms with Gasteiger partial charge < -0.3 is 10.6 Å². The van der Waals surface area contributed by atoms with Gasteiger partial charge in [-0.15, -0.1) is 0 Å². The minimum absolute atomic E-state index is 0.174. The summed E-state index contributed by atoms with van der Waals surface area (Å²) in [5, 5.41) is 6.06. The molecule has 0 saturated carbocycles. The molecule has 3 N–H and O–H groups in total. The number of sulfonamides is 1. The van der Waals surface area contributed by atoms with E-state index < -0.39 is 16.1 Å². The van der Waals surface area contributed by atoms with Crippen LogP contribution in [0, 0.1) is 0 Å². The fourth-order valence-corrected chi connectivity index (χ4v) is 4.00. The van der Waals surface area contributed by atoms with Crippen molar-refractivity contribution in [1.82, 2.24) is 10.0 Å². The van der Waals surface area contributed by atoms with Crippen molar-refractivity contribution in [3.8, 4) is 0 Å². The van der Waals surface area contributed by atoms with Crippen LogP contribution in [0.4, 0.5) is 5.69 Å². The molecule has 0 aromatic heterocycles. The van der Waals surface area contributed by atoms with Gasteiger partial charge in [-0.1, -0.05) is 31.2 Å². The third kappa shape index (κ3) is 4.35. The standard InChI is InChI=1S/C19H22N4O3S/c1-3-20-12-14-7-6-8-15(11-14)22-19(24)13(2)21-18-16-9-4-5-10-17(16)27(25,26)23-18/h4-11,13,20H,3,12H2,1-2H3,(H,21,23)(H,22,24). The van der Waals surface area contributed by atoms with Gasteiger partial charge >= 0.3 is 0 Å². The second kappa shape index (κ2) is 7.89. The fourth-order valence-electron chi connectivity index (χ4n) is 2.76. The molecule has 142 valence electrons. The fraction of sp³-hybridized carbons (Fsp3) is 0.263. The minimum Gasteiger partial charge on any atom is -0.324 e. The first-order chi connectivity index (χ1) is 12.9. The van der Waals surface area contributed by atoms with Crippen LogP contribution in [0.1, 0.15) is 25.0 Å². The van der Waals surface area contributed by atoms with Gasteiger partial charge in [0, 0.05) is 17.8 Å². The Balaban J connectivity index is 1.74. The molecule has 3 rings (SSSR count). The number of hydrogen-bond acceptors (Lipinski definition) is 5. The Morgan fingerprint density at radius 3 is 2.74 bits per heavy atom. The van der Waals surface area contributed by atoms with E-state index in [2.05, 4.69) is 20.3 Å². The Bertz CT molecular complexity index is 986. The molecule has 27 heavy (non-hydrogen) atoms. The molecule has 2 aromatic rings. The summed E-state index contributed by atoms with van der Waals surface area (Å²) in [7, 11) is -3.62. The van der Waals surface area contributed by atoms with Crippen LogP contribution in [0.3, 0.4) is 0 Å². The highest BCUT2D eigenvalue weighted by Crippen LogP contribution is 2.22. The number of amidine groups is 1. The van der Waals surface area contributed by atoms with Crippen LogP contribution in [0.5, 0.6) is 0 Å². The summed E-state index contributed by atoms with van der Waals surface area (Å²) in [4.78, 5) is 16.9. The lowest BCUT2D eigenvalue weighted by Gasteiger charge is -2.11. The van der Waals surface area contributed by atoms with Gasteiger partial charge in [0.25, 0.3) is 10.0 Å². The average Bonchev–Trinajstić information content (AvgIpc) is 2.91. The molecule has 1 aliphatic rings. The van der Waals surface area contributed by atoms with Gasteiger partial charge in [0.15, 0.2) is 0 Å². The lowest BCUT2D eigenvalue weighted by molar-refractivity contribution is -0.117. The number of hydrogen-bond donors (Lipinski definition) is 3. The maximum Gasteiger partial charge on any atom is 0.263 e. The zero-order chi connectivity index (χ0) is 19.4. The summed E-state index contributed by atoms with van der Waals surface area (Å²) in [5.74, 6) is -0.124. The molecule has 1 aliphatic heterocycles. The molecule has 0 aliphatic carbocycles. The Morgan fingerprint density at radius 1 is 1.19 bits per heavy atom. The van der Waals surface area contributed by atoms with E-state index >= 15 is 0 Å². The van der Waals surface area contributed by atoms with Crippen LogP contribution >= 0.6 is 0 Å². The van der Waals surface area contributed by atoms with Crippen molar-refractivity contribution in [2.75, 3.05) is 11.9 Å². The number of carbonyl (C=O) groups is 1. The Labute approximate surface area is 159 Å². The van der Waals surface area contributed by atoms with Crippen molar-refractivity contribution in [3.05, 3.63) is 59.7 Å². The lowest BCUT2D eigenvalue weighted by atomic mass is 10.2. The topological polar surface area (TPSA) is 99.7 Å². The molecule has 8 heteroatoms. The smallest absolute Gasteiger partial charge is 0.263 e. The molecule has 1 atom stereocenters. The highest BCUT2D eigenvalue weighted by molar-refractivity contribution is 7.90. The normalized spacial score (nSPS) is 17.2. The monoisotopic (exact) mass is 386 g/mol. The molecule has 1 unspecified atom stereocenters. The zero-order valence-corrected chi connectivity index (χ0v) is 16.0. The SMILES string of the molecule is CCNCc1cccc(NC(=O)C(C)N=C2NS(=O)(=O)c3ccccc32)c1. The van der Waals surface area contributed by atoms with Gasteiger partial charge in [-0.3, -0.25) is 14.5 Å². The number of fused-ring (bicyclic) bond motifs is 1. The third-order valence-corrected chi connectivity index (χ3v) is 5.54. The number of nitrogens with zero attached hydrogens (tertiary/aromatic N) is 1. The van der Waals surface area contributed by atoms with E-state index in [0.29, 0.717) is 11.3 Å². The van der Waals surface area contributed by atoms with Crippen molar-refractivity contribution in [3.63, 3.8) is 0 Å². The van der Waals surface area contributed by atoms with Crippen molar-refractivity contribution in [2.45, 2.75) is 31.3 Å². The summed E-state index contributed by atoms with van der Waals surface area (Å²) >= 11 is 0. The Kier molecular flexibility index (Phi) is 5.57. The van der Waals surface area contributed by atoms with E-state index in [1.807, 2.05) is 25.1 Å². The maximum absolute atomic E-state index is 12.5. The van der Waals surface area contributed by atoms with Gasteiger partial charge in [-0.05, 0) is 43.3 Å².